The molecule has 4 nitrogen and oxygen atoms in total. The Balaban J connectivity index is 2.56. The summed E-state index contributed by atoms with van der Waals surface area (Å²) in [5.74, 6) is 0.197. The molecule has 108 valence electrons. The van der Waals surface area contributed by atoms with Gasteiger partial charge in [0.2, 0.25) is 0 Å². The smallest absolute Gasteiger partial charge is 0.131 e. The Bertz CT molecular complexity index is 399. The summed E-state index contributed by atoms with van der Waals surface area (Å²) in [7, 11) is 5.30. The summed E-state index contributed by atoms with van der Waals surface area (Å²) in [5, 5.41) is 12.9. The summed E-state index contributed by atoms with van der Waals surface area (Å²) in [4.78, 5) is 1.91. The number of halogens is 1. The average molecular weight is 270 g/mol. The zero-order chi connectivity index (χ0) is 14.4. The van der Waals surface area contributed by atoms with Gasteiger partial charge in [-0.2, -0.15) is 0 Å². The Morgan fingerprint density at radius 1 is 1.42 bits per heavy atom. The predicted octanol–water partition coefficient (Wildman–Crippen LogP) is 1.41. The van der Waals surface area contributed by atoms with Crippen LogP contribution in [0.5, 0.6) is 5.75 Å². The van der Waals surface area contributed by atoms with Crippen LogP contribution in [-0.4, -0.2) is 50.4 Å². The summed E-state index contributed by atoms with van der Waals surface area (Å²) in [6.45, 7) is 2.86. The first kappa shape index (κ1) is 15.9. The number of aliphatic hydroxyl groups excluding tert-OH is 1. The number of hydrogen-bond acceptors (Lipinski definition) is 4. The standard InChI is InChI=1S/C14H23FN2O2/c1-10(16-8-11(18)9-17(2)3)13-6-5-12(19-4)7-14(13)15/h5-7,10-11,16,18H,8-9H2,1-4H3. The Labute approximate surface area is 114 Å². The van der Waals surface area contributed by atoms with E-state index in [-0.39, 0.29) is 11.9 Å². The molecule has 0 aliphatic heterocycles. The summed E-state index contributed by atoms with van der Waals surface area (Å²) in [6, 6.07) is 4.63. The number of aliphatic hydroxyl groups is 1. The van der Waals surface area contributed by atoms with Crippen LogP contribution in [0.2, 0.25) is 0 Å². The number of nitrogens with one attached hydrogen (secondary N) is 1. The Kier molecular flexibility index (Phi) is 6.21. The molecule has 2 atom stereocenters. The van der Waals surface area contributed by atoms with Crippen molar-refractivity contribution >= 4 is 0 Å². The van der Waals surface area contributed by atoms with Gasteiger partial charge in [-0.25, -0.2) is 4.39 Å². The van der Waals surface area contributed by atoms with E-state index in [0.717, 1.165) is 0 Å². The first-order valence-corrected chi connectivity index (χ1v) is 6.33. The van der Waals surface area contributed by atoms with E-state index < -0.39 is 6.10 Å². The minimum absolute atomic E-state index is 0.164. The highest BCUT2D eigenvalue weighted by Gasteiger charge is 2.13. The first-order chi connectivity index (χ1) is 8.93. The van der Waals surface area contributed by atoms with Crippen LogP contribution in [-0.2, 0) is 0 Å². The van der Waals surface area contributed by atoms with Crippen molar-refractivity contribution in [2.24, 2.45) is 0 Å². The fraction of sp³-hybridized carbons (Fsp3) is 0.571. The van der Waals surface area contributed by atoms with Gasteiger partial charge in [0.1, 0.15) is 11.6 Å². The van der Waals surface area contributed by atoms with Crippen molar-refractivity contribution in [1.29, 1.82) is 0 Å². The van der Waals surface area contributed by atoms with E-state index in [9.17, 15) is 9.50 Å². The van der Waals surface area contributed by atoms with Gasteiger partial charge in [-0.15, -0.1) is 0 Å². The van der Waals surface area contributed by atoms with Gasteiger partial charge in [0.15, 0.2) is 0 Å². The second-order valence-electron chi connectivity index (χ2n) is 4.93. The predicted molar refractivity (Wildman–Crippen MR) is 73.9 cm³/mol. The quantitative estimate of drug-likeness (QED) is 0.786. The van der Waals surface area contributed by atoms with E-state index in [1.54, 1.807) is 12.1 Å². The third kappa shape index (κ3) is 5.14. The molecule has 19 heavy (non-hydrogen) atoms. The Morgan fingerprint density at radius 3 is 2.63 bits per heavy atom. The highest BCUT2D eigenvalue weighted by molar-refractivity contribution is 5.30. The lowest BCUT2D eigenvalue weighted by Crippen LogP contribution is -2.36. The summed E-state index contributed by atoms with van der Waals surface area (Å²) in [6.07, 6.45) is -0.473. The number of rotatable bonds is 7. The van der Waals surface area contributed by atoms with E-state index in [1.165, 1.54) is 13.2 Å². The molecule has 0 aromatic heterocycles. The van der Waals surface area contributed by atoms with Crippen molar-refractivity contribution in [2.45, 2.75) is 19.1 Å². The number of benzene rings is 1. The molecule has 0 bridgehead atoms. The fourth-order valence-electron chi connectivity index (χ4n) is 1.89. The Hall–Kier alpha value is -1.17. The number of likely N-dealkylation sites (N-methyl/N-ethyl adjacent to an activating group) is 1. The third-order valence-electron chi connectivity index (χ3n) is 2.91. The second-order valence-corrected chi connectivity index (χ2v) is 4.93. The molecule has 2 unspecified atom stereocenters. The molecule has 0 saturated heterocycles. The zero-order valence-corrected chi connectivity index (χ0v) is 12.0. The SMILES string of the molecule is COc1ccc(C(C)NCC(O)CN(C)C)c(F)c1. The fourth-order valence-corrected chi connectivity index (χ4v) is 1.89. The van der Waals surface area contributed by atoms with Gasteiger partial charge in [0.05, 0.1) is 13.2 Å². The van der Waals surface area contributed by atoms with Crippen LogP contribution in [0.1, 0.15) is 18.5 Å². The van der Waals surface area contributed by atoms with Crippen LogP contribution < -0.4 is 10.1 Å². The highest BCUT2D eigenvalue weighted by atomic mass is 19.1. The molecule has 0 heterocycles. The van der Waals surface area contributed by atoms with Crippen molar-refractivity contribution in [3.63, 3.8) is 0 Å². The maximum Gasteiger partial charge on any atom is 0.131 e. The van der Waals surface area contributed by atoms with Gasteiger partial charge in [-0.1, -0.05) is 6.07 Å². The number of nitrogens with zero attached hydrogens (tertiary/aromatic N) is 1. The van der Waals surface area contributed by atoms with Gasteiger partial charge in [-0.05, 0) is 27.1 Å². The number of methoxy groups -OCH3 is 1. The van der Waals surface area contributed by atoms with Crippen molar-refractivity contribution in [3.05, 3.63) is 29.6 Å². The van der Waals surface area contributed by atoms with Crippen LogP contribution in [0.4, 0.5) is 4.39 Å². The van der Waals surface area contributed by atoms with Gasteiger partial charge in [0, 0.05) is 30.8 Å². The molecule has 0 saturated carbocycles. The molecule has 0 radical (unpaired) electrons. The number of ether oxygens (including phenoxy) is 1. The third-order valence-corrected chi connectivity index (χ3v) is 2.91. The number of hydrogen-bond donors (Lipinski definition) is 2. The molecule has 0 aliphatic carbocycles. The lowest BCUT2D eigenvalue weighted by Gasteiger charge is -2.20. The molecular weight excluding hydrogens is 247 g/mol. The van der Waals surface area contributed by atoms with Gasteiger partial charge >= 0.3 is 0 Å². The van der Waals surface area contributed by atoms with E-state index >= 15 is 0 Å². The van der Waals surface area contributed by atoms with Gasteiger partial charge in [-0.3, -0.25) is 0 Å². The summed E-state index contributed by atoms with van der Waals surface area (Å²) < 4.78 is 18.8. The van der Waals surface area contributed by atoms with E-state index in [4.69, 9.17) is 4.74 Å². The molecule has 0 amide bonds. The summed E-state index contributed by atoms with van der Waals surface area (Å²) >= 11 is 0. The molecule has 1 aromatic rings. The average Bonchev–Trinajstić information content (AvgIpc) is 2.35. The van der Waals surface area contributed by atoms with Crippen LogP contribution in [0.25, 0.3) is 0 Å². The molecule has 5 heteroatoms. The molecule has 0 fully saturated rings. The molecule has 0 aliphatic rings. The topological polar surface area (TPSA) is 44.7 Å². The second kappa shape index (κ2) is 7.43. The Morgan fingerprint density at radius 2 is 2.11 bits per heavy atom. The van der Waals surface area contributed by atoms with Crippen LogP contribution in [0.15, 0.2) is 18.2 Å². The van der Waals surface area contributed by atoms with E-state index in [2.05, 4.69) is 5.32 Å². The van der Waals surface area contributed by atoms with Crippen molar-refractivity contribution in [2.75, 3.05) is 34.3 Å². The highest BCUT2D eigenvalue weighted by Crippen LogP contribution is 2.21. The van der Waals surface area contributed by atoms with Crippen molar-refractivity contribution in [1.82, 2.24) is 10.2 Å². The van der Waals surface area contributed by atoms with Gasteiger partial charge in [0.25, 0.3) is 0 Å². The minimum Gasteiger partial charge on any atom is -0.497 e. The lowest BCUT2D eigenvalue weighted by atomic mass is 10.1. The van der Waals surface area contributed by atoms with Crippen LogP contribution >= 0.6 is 0 Å². The minimum atomic E-state index is -0.473. The molecule has 1 rings (SSSR count). The van der Waals surface area contributed by atoms with Crippen molar-refractivity contribution in [3.8, 4) is 5.75 Å². The first-order valence-electron chi connectivity index (χ1n) is 6.33. The largest absolute Gasteiger partial charge is 0.497 e. The zero-order valence-electron chi connectivity index (χ0n) is 12.0. The van der Waals surface area contributed by atoms with Crippen LogP contribution in [0, 0.1) is 5.82 Å². The van der Waals surface area contributed by atoms with Crippen molar-refractivity contribution < 1.29 is 14.2 Å². The van der Waals surface area contributed by atoms with E-state index in [0.29, 0.717) is 24.4 Å². The van der Waals surface area contributed by atoms with Gasteiger partial charge < -0.3 is 20.1 Å². The van der Waals surface area contributed by atoms with Crippen LogP contribution in [0.3, 0.4) is 0 Å². The maximum atomic E-state index is 13.8. The molecular formula is C14H23FN2O2. The lowest BCUT2D eigenvalue weighted by molar-refractivity contribution is 0.132. The normalized spacial score (nSPS) is 14.5. The van der Waals surface area contributed by atoms with E-state index in [1.807, 2.05) is 25.9 Å². The maximum absolute atomic E-state index is 13.8. The molecule has 1 aromatic carbocycles. The molecule has 2 N–H and O–H groups in total. The monoisotopic (exact) mass is 270 g/mol. The molecule has 0 spiro atoms. The summed E-state index contributed by atoms with van der Waals surface area (Å²) in [5.41, 5.74) is 0.567.